The zero-order valence-corrected chi connectivity index (χ0v) is 26.2. The number of rotatable bonds is 8. The standard InChI is InChI=1S/C33H36Cl2FN3O5/c1-3-32(42,20-8-11-38(2)12-9-20)22-14-26-30(27(36)15-22)33(44-25-10-13-43-19-25,21-4-6-23(34)7-5-21)39(31(26)41)18-28-29(40)16-24(35)17-37-28/h4-7,14-17,20,25,40,42H,3,8-13,18-19H2,1-2H3/t25-,32?,33?/m0/s1. The molecule has 234 valence electrons. The fraction of sp³-hybridized carbons (Fsp3) is 0.455. The van der Waals surface area contributed by atoms with Crippen molar-refractivity contribution in [1.82, 2.24) is 14.8 Å². The maximum absolute atomic E-state index is 16.9. The summed E-state index contributed by atoms with van der Waals surface area (Å²) in [6.45, 7) is 4.04. The Morgan fingerprint density at radius 3 is 2.50 bits per heavy atom. The summed E-state index contributed by atoms with van der Waals surface area (Å²) in [5, 5.41) is 23.5. The van der Waals surface area contributed by atoms with Crippen molar-refractivity contribution in [3.05, 3.63) is 92.5 Å². The molecular weight excluding hydrogens is 608 g/mol. The average Bonchev–Trinajstić information content (AvgIpc) is 3.60. The molecule has 0 spiro atoms. The number of hydrogen-bond acceptors (Lipinski definition) is 7. The van der Waals surface area contributed by atoms with Crippen LogP contribution in [-0.2, 0) is 27.3 Å². The van der Waals surface area contributed by atoms with Gasteiger partial charge in [0.25, 0.3) is 5.91 Å². The van der Waals surface area contributed by atoms with Crippen LogP contribution in [-0.4, -0.2) is 70.4 Å². The summed E-state index contributed by atoms with van der Waals surface area (Å²) >= 11 is 12.3. The maximum atomic E-state index is 16.9. The largest absolute Gasteiger partial charge is 0.506 e. The molecule has 3 aromatic rings. The molecule has 1 aromatic heterocycles. The van der Waals surface area contributed by atoms with Gasteiger partial charge in [-0.15, -0.1) is 0 Å². The van der Waals surface area contributed by atoms with Crippen molar-refractivity contribution in [2.75, 3.05) is 33.4 Å². The highest BCUT2D eigenvalue weighted by atomic mass is 35.5. The Bertz CT molecular complexity index is 1550. The number of carbonyl (C=O) groups is 1. The fourth-order valence-corrected chi connectivity index (χ4v) is 7.21. The van der Waals surface area contributed by atoms with E-state index in [0.29, 0.717) is 35.6 Å². The summed E-state index contributed by atoms with van der Waals surface area (Å²) in [5.74, 6) is -1.50. The number of pyridine rings is 1. The normalized spacial score (nSPS) is 24.1. The number of nitrogens with zero attached hydrogens (tertiary/aromatic N) is 3. The van der Waals surface area contributed by atoms with Crippen LogP contribution in [0.25, 0.3) is 0 Å². The Hall–Kier alpha value is -2.79. The van der Waals surface area contributed by atoms with E-state index in [1.807, 2.05) is 14.0 Å². The first-order chi connectivity index (χ1) is 21.1. The summed E-state index contributed by atoms with van der Waals surface area (Å²) in [5.41, 5.74) is -1.95. The zero-order valence-electron chi connectivity index (χ0n) is 24.7. The van der Waals surface area contributed by atoms with Crippen LogP contribution in [0.5, 0.6) is 5.75 Å². The quantitative estimate of drug-likeness (QED) is 0.319. The van der Waals surface area contributed by atoms with Crippen molar-refractivity contribution in [2.45, 2.75) is 56.6 Å². The molecule has 0 bridgehead atoms. The third-order valence-corrected chi connectivity index (χ3v) is 9.86. The molecule has 8 nitrogen and oxygen atoms in total. The van der Waals surface area contributed by atoms with Gasteiger partial charge in [0.2, 0.25) is 5.72 Å². The summed E-state index contributed by atoms with van der Waals surface area (Å²) in [6, 6.07) is 11.1. The molecule has 2 saturated heterocycles. The van der Waals surface area contributed by atoms with Crippen molar-refractivity contribution in [3.8, 4) is 5.75 Å². The van der Waals surface area contributed by atoms with Crippen LogP contribution in [0.2, 0.25) is 10.0 Å². The van der Waals surface area contributed by atoms with Gasteiger partial charge in [0.05, 0.1) is 41.0 Å². The van der Waals surface area contributed by atoms with Crippen LogP contribution in [0.4, 0.5) is 4.39 Å². The molecule has 2 aromatic carbocycles. The number of hydrogen-bond donors (Lipinski definition) is 2. The van der Waals surface area contributed by atoms with Crippen LogP contribution in [0.3, 0.4) is 0 Å². The number of amides is 1. The maximum Gasteiger partial charge on any atom is 0.257 e. The van der Waals surface area contributed by atoms with E-state index in [-0.39, 0.29) is 46.7 Å². The third kappa shape index (κ3) is 5.37. The molecule has 0 radical (unpaired) electrons. The van der Waals surface area contributed by atoms with Crippen LogP contribution in [0.1, 0.15) is 65.3 Å². The Morgan fingerprint density at radius 2 is 1.86 bits per heavy atom. The van der Waals surface area contributed by atoms with Crippen molar-refractivity contribution >= 4 is 29.1 Å². The topological polar surface area (TPSA) is 95.4 Å². The number of benzene rings is 2. The Balaban J connectivity index is 1.55. The third-order valence-electron chi connectivity index (χ3n) is 9.40. The number of ether oxygens (including phenoxy) is 2. The molecule has 1 amide bonds. The highest BCUT2D eigenvalue weighted by Gasteiger charge is 2.56. The lowest BCUT2D eigenvalue weighted by atomic mass is 9.73. The van der Waals surface area contributed by atoms with Gasteiger partial charge in [0.1, 0.15) is 17.3 Å². The Labute approximate surface area is 266 Å². The van der Waals surface area contributed by atoms with Gasteiger partial charge in [-0.2, -0.15) is 0 Å². The molecule has 44 heavy (non-hydrogen) atoms. The minimum Gasteiger partial charge on any atom is -0.506 e. The molecule has 3 aliphatic heterocycles. The van der Waals surface area contributed by atoms with E-state index in [0.717, 1.165) is 25.9 Å². The lowest BCUT2D eigenvalue weighted by molar-refractivity contribution is -0.148. The number of aromatic nitrogens is 1. The van der Waals surface area contributed by atoms with Crippen LogP contribution < -0.4 is 0 Å². The lowest BCUT2D eigenvalue weighted by Gasteiger charge is -2.42. The first-order valence-electron chi connectivity index (χ1n) is 15.0. The Kier molecular flexibility index (Phi) is 8.65. The summed E-state index contributed by atoms with van der Waals surface area (Å²) < 4.78 is 29.3. The van der Waals surface area contributed by atoms with E-state index in [9.17, 15) is 15.0 Å². The number of aromatic hydroxyl groups is 1. The zero-order chi connectivity index (χ0) is 31.2. The van der Waals surface area contributed by atoms with E-state index in [1.165, 1.54) is 23.2 Å². The molecule has 4 heterocycles. The SMILES string of the molecule is CCC(O)(c1cc(F)c2c(c1)C(=O)N(Cc1ncc(Cl)cc1O)C2(O[C@H]1CCOC1)c1ccc(Cl)cc1)C1CCN(C)CC1. The number of likely N-dealkylation sites (tertiary alicyclic amines) is 1. The highest BCUT2D eigenvalue weighted by Crippen LogP contribution is 2.51. The molecule has 3 atom stereocenters. The first kappa shape index (κ1) is 31.2. The van der Waals surface area contributed by atoms with E-state index in [2.05, 4.69) is 9.88 Å². The molecule has 2 fully saturated rings. The van der Waals surface area contributed by atoms with E-state index in [1.54, 1.807) is 30.3 Å². The van der Waals surface area contributed by atoms with Crippen molar-refractivity contribution < 1.29 is 28.9 Å². The monoisotopic (exact) mass is 643 g/mol. The second-order valence-electron chi connectivity index (χ2n) is 12.0. The number of aliphatic hydroxyl groups is 1. The predicted octanol–water partition coefficient (Wildman–Crippen LogP) is 5.84. The van der Waals surface area contributed by atoms with Gasteiger partial charge in [0, 0.05) is 29.5 Å². The predicted molar refractivity (Wildman–Crippen MR) is 164 cm³/mol. The van der Waals surface area contributed by atoms with Crippen LogP contribution >= 0.6 is 23.2 Å². The minimum absolute atomic E-state index is 0.0377. The number of carbonyl (C=O) groups excluding carboxylic acids is 1. The van der Waals surface area contributed by atoms with Crippen molar-refractivity contribution in [3.63, 3.8) is 0 Å². The molecule has 2 N–H and O–H groups in total. The number of halogens is 3. The van der Waals surface area contributed by atoms with Crippen LogP contribution in [0, 0.1) is 11.7 Å². The summed E-state index contributed by atoms with van der Waals surface area (Å²) in [6.07, 6.45) is 3.33. The average molecular weight is 645 g/mol. The van der Waals surface area contributed by atoms with Gasteiger partial charge in [0.15, 0.2) is 0 Å². The Morgan fingerprint density at radius 1 is 1.14 bits per heavy atom. The highest BCUT2D eigenvalue weighted by molar-refractivity contribution is 6.30. The molecule has 11 heteroatoms. The molecule has 6 rings (SSSR count). The number of fused-ring (bicyclic) bond motifs is 1. The second kappa shape index (κ2) is 12.2. The molecule has 0 aliphatic carbocycles. The van der Waals surface area contributed by atoms with Crippen molar-refractivity contribution in [1.29, 1.82) is 0 Å². The lowest BCUT2D eigenvalue weighted by Crippen LogP contribution is -2.49. The summed E-state index contributed by atoms with van der Waals surface area (Å²) in [7, 11) is 2.04. The second-order valence-corrected chi connectivity index (χ2v) is 12.9. The molecule has 2 unspecified atom stereocenters. The van der Waals surface area contributed by atoms with E-state index >= 15 is 4.39 Å². The molecular formula is C33H36Cl2FN3O5. The van der Waals surface area contributed by atoms with Gasteiger partial charge in [-0.1, -0.05) is 42.3 Å². The van der Waals surface area contributed by atoms with Gasteiger partial charge >= 0.3 is 0 Å². The van der Waals surface area contributed by atoms with Gasteiger partial charge in [-0.05, 0) is 81.6 Å². The molecule has 0 saturated carbocycles. The van der Waals surface area contributed by atoms with Gasteiger partial charge < -0.3 is 24.6 Å². The van der Waals surface area contributed by atoms with E-state index < -0.39 is 29.2 Å². The van der Waals surface area contributed by atoms with Crippen molar-refractivity contribution in [2.24, 2.45) is 5.92 Å². The molecule has 3 aliphatic rings. The minimum atomic E-state index is -1.75. The van der Waals surface area contributed by atoms with Gasteiger partial charge in [-0.3, -0.25) is 14.7 Å². The first-order valence-corrected chi connectivity index (χ1v) is 15.7. The summed E-state index contributed by atoms with van der Waals surface area (Å²) in [4.78, 5) is 22.4. The van der Waals surface area contributed by atoms with Crippen LogP contribution in [0.15, 0.2) is 48.7 Å². The van der Waals surface area contributed by atoms with E-state index in [4.69, 9.17) is 32.7 Å². The number of piperidine rings is 1. The fourth-order valence-electron chi connectivity index (χ4n) is 6.93. The smallest absolute Gasteiger partial charge is 0.257 e. The van der Waals surface area contributed by atoms with Gasteiger partial charge in [-0.25, -0.2) is 4.39 Å².